The molecule has 0 saturated carbocycles. The van der Waals surface area contributed by atoms with Gasteiger partial charge in [0.2, 0.25) is 0 Å². The van der Waals surface area contributed by atoms with E-state index in [9.17, 15) is 28.8 Å². The fourth-order valence-corrected chi connectivity index (χ4v) is 17.5. The first kappa shape index (κ1) is 104. The monoisotopic (exact) mass is 1860 g/mol. The van der Waals surface area contributed by atoms with Crippen LogP contribution >= 0.6 is 44.7 Å². The number of rotatable bonds is 45. The molecule has 0 aliphatic heterocycles. The van der Waals surface area contributed by atoms with Crippen LogP contribution in [0.1, 0.15) is 280 Å². The molecule has 0 atom stereocenters. The summed E-state index contributed by atoms with van der Waals surface area (Å²) < 4.78 is 15.1. The first-order valence-electron chi connectivity index (χ1n) is 47.0. The number of aliphatic carboxylic acids is 1. The quantitative estimate of drug-likeness (QED) is 0.0161. The number of unbranched alkanes of at least 4 members (excludes halogenated alkanes) is 30. The summed E-state index contributed by atoms with van der Waals surface area (Å²) in [7, 11) is 2.94. The number of fused-ring (bicyclic) bond motifs is 6. The number of nitrogens with zero attached hydrogens (tertiary/aromatic N) is 7. The number of carbonyl (C=O) groups is 1. The van der Waals surface area contributed by atoms with Crippen molar-refractivity contribution >= 4 is 136 Å². The summed E-state index contributed by atoms with van der Waals surface area (Å²) in [5, 5.41) is 31.8. The van der Waals surface area contributed by atoms with Gasteiger partial charge >= 0.3 is 31.9 Å². The van der Waals surface area contributed by atoms with E-state index in [1.165, 1.54) is 154 Å². The molecular formula is C104H138B2Br2N7O10S. The molecule has 1 radical (unpaired) electrons. The van der Waals surface area contributed by atoms with Crippen molar-refractivity contribution in [2.45, 2.75) is 319 Å². The molecule has 0 bridgehead atoms. The molecule has 6 heterocycles. The van der Waals surface area contributed by atoms with Crippen LogP contribution < -0.4 is 38.8 Å². The van der Waals surface area contributed by atoms with Gasteiger partial charge in [-0.3, -0.25) is 33.6 Å². The molecule has 0 aliphatic rings. The summed E-state index contributed by atoms with van der Waals surface area (Å²) in [6, 6.07) is 56.6. The number of carboxylic acids is 1. The number of hydrogen-bond donors (Lipinski definition) is 4. The van der Waals surface area contributed by atoms with Gasteiger partial charge in [-0.2, -0.15) is 0 Å². The van der Waals surface area contributed by atoms with Gasteiger partial charge in [0.1, 0.15) is 0 Å². The van der Waals surface area contributed by atoms with Gasteiger partial charge in [-0.15, -0.1) is 0 Å². The number of hydrogen-bond acceptors (Lipinski definition) is 11. The van der Waals surface area contributed by atoms with Gasteiger partial charge in [0, 0.05) is 69.5 Å². The van der Waals surface area contributed by atoms with Crippen molar-refractivity contribution in [1.82, 2.24) is 27.4 Å². The van der Waals surface area contributed by atoms with Gasteiger partial charge in [-0.1, -0.05) is 362 Å². The molecule has 0 unspecified atom stereocenters. The fraction of sp³-hybridized carbons (Fsp3) is 0.471. The topological polar surface area (TPSA) is 222 Å². The summed E-state index contributed by atoms with van der Waals surface area (Å²) in [6.07, 6.45) is 42.3. The van der Waals surface area contributed by atoms with Gasteiger partial charge < -0.3 is 42.6 Å². The third-order valence-electron chi connectivity index (χ3n) is 23.4. The molecule has 0 amide bonds. The van der Waals surface area contributed by atoms with E-state index in [0.29, 0.717) is 51.7 Å². The molecule has 0 spiro atoms. The van der Waals surface area contributed by atoms with Crippen molar-refractivity contribution in [3.8, 4) is 22.3 Å². The zero-order chi connectivity index (χ0) is 91.0. The second kappa shape index (κ2) is 58.6. The number of pyridine rings is 6. The molecule has 6 aromatic carbocycles. The summed E-state index contributed by atoms with van der Waals surface area (Å²) in [4.78, 5) is 88.9. The zero-order valence-electron chi connectivity index (χ0n) is 76.1. The molecule has 22 heteroatoms. The van der Waals surface area contributed by atoms with E-state index in [0.717, 1.165) is 174 Å². The Kier molecular flexibility index (Phi) is 48.5. The summed E-state index contributed by atoms with van der Waals surface area (Å²) in [5.41, 5.74) is 8.97. The van der Waals surface area contributed by atoms with Gasteiger partial charge in [-0.05, 0) is 156 Å². The van der Waals surface area contributed by atoms with E-state index in [2.05, 4.69) is 147 Å². The van der Waals surface area contributed by atoms with Crippen LogP contribution in [0.25, 0.3) is 87.7 Å². The van der Waals surface area contributed by atoms with E-state index in [-0.39, 0.29) is 33.4 Å². The normalized spacial score (nSPS) is 11.0. The third kappa shape index (κ3) is 32.1. The number of carboxylic acid groups (broad SMARTS) is 1. The minimum absolute atomic E-state index is 0.0149. The van der Waals surface area contributed by atoms with Crippen LogP contribution in [0.5, 0.6) is 0 Å². The Morgan fingerprint density at radius 1 is 0.317 bits per heavy atom. The summed E-state index contributed by atoms with van der Waals surface area (Å²) in [5.74, 6) is -0.833. The van der Waals surface area contributed by atoms with Gasteiger partial charge in [-0.25, -0.2) is 0 Å². The van der Waals surface area contributed by atoms with Crippen molar-refractivity contribution in [2.75, 3.05) is 0 Å². The van der Waals surface area contributed by atoms with E-state index in [4.69, 9.17) is 19.9 Å². The number of aryl methyl sites for hydroxylation is 6. The van der Waals surface area contributed by atoms with Gasteiger partial charge in [0.05, 0.1) is 42.0 Å². The fourth-order valence-electron chi connectivity index (χ4n) is 16.7. The van der Waals surface area contributed by atoms with E-state index in [1.807, 2.05) is 137 Å². The molecule has 0 aliphatic carbocycles. The molecule has 0 saturated heterocycles. The molecule has 126 heavy (non-hydrogen) atoms. The average molecular weight is 1860 g/mol. The van der Waals surface area contributed by atoms with Crippen molar-refractivity contribution < 1.29 is 19.9 Å². The van der Waals surface area contributed by atoms with Crippen LogP contribution in [0.2, 0.25) is 0 Å². The summed E-state index contributed by atoms with van der Waals surface area (Å²) in [6.45, 7) is 18.5. The average Bonchev–Trinajstić information content (AvgIpc) is 0.736. The maximum atomic E-state index is 14.7. The molecule has 17 nitrogen and oxygen atoms in total. The molecule has 6 aromatic heterocycles. The predicted molar refractivity (Wildman–Crippen MR) is 543 cm³/mol. The van der Waals surface area contributed by atoms with Crippen LogP contribution in [0.3, 0.4) is 0 Å². The second-order valence-corrected chi connectivity index (χ2v) is 35.1. The van der Waals surface area contributed by atoms with Crippen molar-refractivity contribution in [1.29, 1.82) is 0 Å². The third-order valence-corrected chi connectivity index (χ3v) is 24.6. The molecule has 3 N–H and O–H groups in total. The number of thiol groups is 1. The molecule has 0 fully saturated rings. The summed E-state index contributed by atoms with van der Waals surface area (Å²) >= 11 is 10.1. The number of aromatic nitrogens is 6. The Labute approximate surface area is 770 Å². The van der Waals surface area contributed by atoms with Crippen LogP contribution in [-0.4, -0.2) is 63.3 Å². The predicted octanol–water partition coefficient (Wildman–Crippen LogP) is 25.6. The second-order valence-electron chi connectivity index (χ2n) is 33.1. The van der Waals surface area contributed by atoms with Crippen LogP contribution in [0.4, 0.5) is 0 Å². The Hall–Kier alpha value is -8.79. The Morgan fingerprint density at radius 2 is 0.556 bits per heavy atom. The van der Waals surface area contributed by atoms with Crippen molar-refractivity contribution in [3.63, 3.8) is 0 Å². The van der Waals surface area contributed by atoms with Crippen molar-refractivity contribution in [2.24, 2.45) is 4.30 Å². The Balaban J connectivity index is 0.000000241. The van der Waals surface area contributed by atoms with E-state index in [1.54, 1.807) is 18.2 Å². The van der Waals surface area contributed by atoms with Crippen LogP contribution in [0.15, 0.2) is 218 Å². The Bertz CT molecular complexity index is 5430. The van der Waals surface area contributed by atoms with E-state index >= 15 is 0 Å². The number of halogens is 2. The first-order chi connectivity index (χ1) is 61.2. The van der Waals surface area contributed by atoms with Gasteiger partial charge in [0.25, 0.3) is 39.3 Å². The van der Waals surface area contributed by atoms with E-state index < -0.39 is 13.1 Å². The minimum atomic E-state index is -1.40. The van der Waals surface area contributed by atoms with Crippen LogP contribution in [-0.2, 0) is 44.1 Å². The van der Waals surface area contributed by atoms with Crippen molar-refractivity contribution in [3.05, 3.63) is 247 Å². The molecule has 12 aromatic rings. The number of benzene rings is 6. The van der Waals surface area contributed by atoms with Gasteiger partial charge in [0.15, 0.2) is 0 Å². The molecule has 12 rings (SSSR count). The first-order valence-corrected chi connectivity index (χ1v) is 48.9. The standard InChI is InChI=1S/C44H50N2O2.C24H36Br2N2O2.C24H38N2O2.C10H9BO2.C2H4O2.BHNS/c1-3-5-7-9-11-17-29-45-41-31-40(38-28-20-24-34-22-14-16-26-36(34)38)44(48)46(30-18-12-10-8-6-4-2)42(41)32-39(43(45)47)37-27-19-23-33-21-13-15-25-35(33)37;1-3-5-7-9-11-13-15-27-21-17-20(26)24(30)28(16-14-12-10-8-6-4-2)22(21)18-19(25)23(27)29;1-3-5-7-9-11-13-19-25-21-15-18-24(28)26(22(21)16-17-23(25)27)20-14-12-10-8-6-4-2;12-11(13)10-7-3-5-8-4-1-2-6-9(8)10;1-2(3)4;1-2-3/h13-16,19-28,31-32H,3-12,17-18,29-30H2,1-2H3;17-18H,3-16H2,1-2H3;15-18H,3-14,19-20H2,1-2H3;1-7,12-13H;1H3,(H,3,4);3H. The van der Waals surface area contributed by atoms with Crippen LogP contribution in [0, 0.1) is 0 Å². The zero-order valence-corrected chi connectivity index (χ0v) is 80.2. The molecule has 675 valence electrons. The maximum absolute atomic E-state index is 14.7. The molecular weight excluding hydrogens is 1720 g/mol. The Morgan fingerprint density at radius 3 is 0.857 bits per heavy atom. The SMILES string of the molecule is CC(=O)O.CCCCCCCCn1c(=O)c(-c2cccc3ccccc23)cc2c1cc(-c1cccc3ccccc13)c(=O)n2CCCCCCCC.CCCCCCCCn1c(=O)c(Br)cc2c1cc(Br)c(=O)n2CCCCCCCC.CCCCCCCCn1c(=O)ccc2c1ccc(=O)n2CCCCCCCC.OB(O)c1cccc2ccccc12.[B]=NS.